The van der Waals surface area contributed by atoms with E-state index < -0.39 is 18.5 Å². The van der Waals surface area contributed by atoms with Gasteiger partial charge in [0.25, 0.3) is 5.97 Å². The zero-order valence-electron chi connectivity index (χ0n) is 6.87. The van der Waals surface area contributed by atoms with Gasteiger partial charge in [-0.05, 0) is 0 Å². The van der Waals surface area contributed by atoms with Crippen molar-refractivity contribution in [2.24, 2.45) is 0 Å². The first-order valence-electron chi connectivity index (χ1n) is 2.03. The fraction of sp³-hybridized carbons (Fsp3) is 0.500. The zero-order chi connectivity index (χ0) is 7.86. The third-order valence-electron chi connectivity index (χ3n) is 0.135. The molecular formula is C4H9NaO5. The predicted octanol–water partition coefficient (Wildman–Crippen LogP) is -3.73. The molecule has 3 N–H and O–H groups in total. The molecule has 10 heavy (non-hydrogen) atoms. The molecule has 0 aromatic rings. The maximum atomic E-state index is 9.12. The van der Waals surface area contributed by atoms with Crippen LogP contribution in [0.15, 0.2) is 0 Å². The molecule has 0 rings (SSSR count). The van der Waals surface area contributed by atoms with Crippen LogP contribution in [0.3, 0.4) is 0 Å². The molecule has 0 aliphatic carbocycles. The summed E-state index contributed by atoms with van der Waals surface area (Å²) in [6.45, 7) is 0.306. The molecule has 5 nitrogen and oxygen atoms in total. The largest absolute Gasteiger partial charge is 1.00 e. The van der Waals surface area contributed by atoms with Gasteiger partial charge in [-0.3, -0.25) is 4.79 Å². The van der Waals surface area contributed by atoms with Gasteiger partial charge in [-0.1, -0.05) is 0 Å². The molecule has 0 aromatic heterocycles. The van der Waals surface area contributed by atoms with Gasteiger partial charge in [-0.2, -0.15) is 0 Å². The van der Waals surface area contributed by atoms with Crippen LogP contribution in [-0.4, -0.2) is 33.9 Å². The quantitative estimate of drug-likeness (QED) is 0.343. The fourth-order valence-corrected chi connectivity index (χ4v) is 0. The van der Waals surface area contributed by atoms with E-state index in [1.165, 1.54) is 0 Å². The summed E-state index contributed by atoms with van der Waals surface area (Å²) in [6.07, 6.45) is 0. The van der Waals surface area contributed by atoms with Crippen LogP contribution in [0.5, 0.6) is 0 Å². The van der Waals surface area contributed by atoms with Crippen molar-refractivity contribution in [2.75, 3.05) is 6.61 Å². The Balaban J connectivity index is -0.0000000383. The number of rotatable bonds is 1. The molecule has 0 atom stereocenters. The first kappa shape index (κ1) is 16.5. The Morgan fingerprint density at radius 1 is 1.40 bits per heavy atom. The summed E-state index contributed by atoms with van der Waals surface area (Å²) in [5.74, 6) is -2.02. The van der Waals surface area contributed by atoms with Crippen molar-refractivity contribution in [3.8, 4) is 0 Å². The van der Waals surface area contributed by atoms with E-state index in [9.17, 15) is 0 Å². The minimum absolute atomic E-state index is 0. The van der Waals surface area contributed by atoms with Crippen molar-refractivity contribution >= 4 is 11.9 Å². The molecular weight excluding hydrogens is 151 g/mol. The summed E-state index contributed by atoms with van der Waals surface area (Å²) < 4.78 is 0. The average Bonchev–Trinajstić information content (AvgIpc) is 1.65. The monoisotopic (exact) mass is 160 g/mol. The van der Waals surface area contributed by atoms with Crippen molar-refractivity contribution < 1.29 is 55.9 Å². The van der Waals surface area contributed by atoms with E-state index in [1.54, 1.807) is 0 Å². The van der Waals surface area contributed by atoms with Crippen molar-refractivity contribution in [3.05, 3.63) is 0 Å². The van der Waals surface area contributed by atoms with Gasteiger partial charge in [-0.25, -0.2) is 4.79 Å². The molecule has 0 fully saturated rings. The van der Waals surface area contributed by atoms with E-state index >= 15 is 0 Å². The van der Waals surface area contributed by atoms with Gasteiger partial charge in [0.05, 0.1) is 0 Å². The van der Waals surface area contributed by atoms with E-state index in [2.05, 4.69) is 0 Å². The maximum absolute atomic E-state index is 9.12. The van der Waals surface area contributed by atoms with Gasteiger partial charge in [0.2, 0.25) is 0 Å². The van der Waals surface area contributed by atoms with Crippen LogP contribution in [0.25, 0.3) is 0 Å². The Bertz CT molecular complexity index is 103. The Morgan fingerprint density at radius 2 is 1.50 bits per heavy atom. The summed E-state index contributed by atoms with van der Waals surface area (Å²) in [7, 11) is 0. The third-order valence-corrected chi connectivity index (χ3v) is 0.135. The van der Waals surface area contributed by atoms with Gasteiger partial charge < -0.3 is 16.7 Å². The molecule has 0 aromatic carbocycles. The number of aliphatic carboxylic acids is 2. The van der Waals surface area contributed by atoms with E-state index in [4.69, 9.17) is 24.9 Å². The topological polar surface area (TPSA) is 94.8 Å². The molecule has 6 heteroatoms. The summed E-state index contributed by atoms with van der Waals surface area (Å²) in [4.78, 5) is 18.1. The predicted molar refractivity (Wildman–Crippen MR) is 29.1 cm³/mol. The van der Waals surface area contributed by atoms with Crippen LogP contribution < -0.4 is 29.6 Å². The summed E-state index contributed by atoms with van der Waals surface area (Å²) >= 11 is 0. The second-order valence-corrected chi connectivity index (χ2v) is 1.07. The second-order valence-electron chi connectivity index (χ2n) is 1.07. The molecule has 56 valence electrons. The molecule has 0 radical (unpaired) electrons. The minimum atomic E-state index is -1.19. The van der Waals surface area contributed by atoms with Gasteiger partial charge in [0.1, 0.15) is 6.61 Å². The van der Waals surface area contributed by atoms with Crippen LogP contribution in [0.4, 0.5) is 0 Å². The zero-order valence-corrected chi connectivity index (χ0v) is 7.87. The standard InChI is InChI=1S/C2H4O3.C2H4O2.Na.H/c3-1-2(4)5;1-2(3)4;;/h3H,1H2,(H,4,5);1H3,(H,3,4);;/q;;+1;-1. The van der Waals surface area contributed by atoms with Gasteiger partial charge in [0.15, 0.2) is 0 Å². The molecule has 0 saturated heterocycles. The summed E-state index contributed by atoms with van der Waals surface area (Å²) in [5, 5.41) is 22.4. The van der Waals surface area contributed by atoms with Crippen molar-refractivity contribution in [1.29, 1.82) is 0 Å². The molecule has 0 aliphatic heterocycles. The van der Waals surface area contributed by atoms with Crippen LogP contribution in [-0.2, 0) is 9.59 Å². The fourth-order valence-electron chi connectivity index (χ4n) is 0. The maximum Gasteiger partial charge on any atom is 1.00 e. The Kier molecular flexibility index (Phi) is 19.2. The SMILES string of the molecule is CC(=O)O.O=C(O)CO.[H-].[Na+]. The number of carbonyl (C=O) groups is 2. The Labute approximate surface area is 81.4 Å². The van der Waals surface area contributed by atoms with Crippen molar-refractivity contribution in [3.63, 3.8) is 0 Å². The molecule has 0 bridgehead atoms. The van der Waals surface area contributed by atoms with Crippen LogP contribution in [0, 0.1) is 0 Å². The number of hydrogen-bond donors (Lipinski definition) is 3. The van der Waals surface area contributed by atoms with E-state index in [-0.39, 0.29) is 31.0 Å². The summed E-state index contributed by atoms with van der Waals surface area (Å²) in [6, 6.07) is 0. The van der Waals surface area contributed by atoms with Crippen molar-refractivity contribution in [2.45, 2.75) is 6.92 Å². The average molecular weight is 160 g/mol. The molecule has 0 unspecified atom stereocenters. The van der Waals surface area contributed by atoms with E-state index in [1.807, 2.05) is 0 Å². The van der Waals surface area contributed by atoms with Crippen molar-refractivity contribution in [1.82, 2.24) is 0 Å². The Hall–Kier alpha value is -0.100. The van der Waals surface area contributed by atoms with Crippen LogP contribution in [0.1, 0.15) is 8.35 Å². The minimum Gasteiger partial charge on any atom is -1.00 e. The normalized spacial score (nSPS) is 6.20. The molecule has 0 amide bonds. The van der Waals surface area contributed by atoms with E-state index in [0.29, 0.717) is 0 Å². The molecule has 0 heterocycles. The molecule has 0 spiro atoms. The van der Waals surface area contributed by atoms with Gasteiger partial charge in [0, 0.05) is 6.92 Å². The number of carboxylic acids is 2. The first-order valence-corrected chi connectivity index (χ1v) is 2.03. The van der Waals surface area contributed by atoms with E-state index in [0.717, 1.165) is 6.92 Å². The first-order chi connectivity index (χ1) is 4.00. The van der Waals surface area contributed by atoms with Gasteiger partial charge >= 0.3 is 35.5 Å². The van der Waals surface area contributed by atoms with Gasteiger partial charge in [-0.15, -0.1) is 0 Å². The summed E-state index contributed by atoms with van der Waals surface area (Å²) in [5.41, 5.74) is 0. The Morgan fingerprint density at radius 3 is 1.50 bits per heavy atom. The molecule has 0 saturated carbocycles. The second kappa shape index (κ2) is 11.7. The molecule has 0 aliphatic rings. The number of hydrogen-bond acceptors (Lipinski definition) is 3. The van der Waals surface area contributed by atoms with Crippen LogP contribution >= 0.6 is 0 Å². The smallest absolute Gasteiger partial charge is 1.00 e. The van der Waals surface area contributed by atoms with Crippen LogP contribution in [0.2, 0.25) is 0 Å². The number of aliphatic hydroxyl groups excluding tert-OH is 1. The number of aliphatic hydroxyl groups is 1. The number of carboxylic acid groups (broad SMARTS) is 2. The third kappa shape index (κ3) is 104.